The summed E-state index contributed by atoms with van der Waals surface area (Å²) in [6.07, 6.45) is 3.26. The fourth-order valence-corrected chi connectivity index (χ4v) is 5.30. The Morgan fingerprint density at radius 3 is 2.32 bits per heavy atom. The lowest BCUT2D eigenvalue weighted by molar-refractivity contribution is 0.0658. The van der Waals surface area contributed by atoms with Crippen molar-refractivity contribution in [2.45, 2.75) is 24.1 Å². The molecule has 1 aromatic carbocycles. The molecule has 0 unspecified atom stereocenters. The molecule has 8 heteroatoms. The quantitative estimate of drug-likeness (QED) is 0.822. The summed E-state index contributed by atoms with van der Waals surface area (Å²) in [5.41, 5.74) is 0.591. The molecule has 2 fully saturated rings. The molecule has 2 aliphatic heterocycles. The van der Waals surface area contributed by atoms with Gasteiger partial charge in [0.15, 0.2) is 0 Å². The summed E-state index contributed by atoms with van der Waals surface area (Å²) >= 11 is 0. The predicted octanol–water partition coefficient (Wildman–Crippen LogP) is 1.49. The Bertz CT molecular complexity index is 907. The molecule has 2 aromatic rings. The predicted molar refractivity (Wildman–Crippen MR) is 108 cm³/mol. The molecule has 0 bridgehead atoms. The molecule has 148 valence electrons. The lowest BCUT2D eigenvalue weighted by atomic mass is 10.1. The van der Waals surface area contributed by atoms with Gasteiger partial charge in [-0.3, -0.25) is 4.79 Å². The Kier molecular flexibility index (Phi) is 5.32. The molecule has 2 aliphatic rings. The zero-order valence-corrected chi connectivity index (χ0v) is 16.4. The first-order chi connectivity index (χ1) is 13.5. The van der Waals surface area contributed by atoms with E-state index in [1.165, 1.54) is 0 Å². The van der Waals surface area contributed by atoms with Gasteiger partial charge in [0.1, 0.15) is 11.1 Å². The first-order valence-electron chi connectivity index (χ1n) is 9.54. The van der Waals surface area contributed by atoms with Crippen molar-refractivity contribution in [3.8, 4) is 0 Å². The number of hydrogen-bond acceptors (Lipinski definition) is 5. The molecule has 2 saturated heterocycles. The molecule has 0 saturated carbocycles. The van der Waals surface area contributed by atoms with Gasteiger partial charge >= 0.3 is 0 Å². The van der Waals surface area contributed by atoms with Crippen molar-refractivity contribution in [2.24, 2.45) is 0 Å². The number of hydrogen-bond donors (Lipinski definition) is 1. The van der Waals surface area contributed by atoms with Crippen molar-refractivity contribution >= 4 is 21.7 Å². The van der Waals surface area contributed by atoms with Gasteiger partial charge in [-0.25, -0.2) is 18.1 Å². The van der Waals surface area contributed by atoms with Crippen LogP contribution in [0.15, 0.2) is 54.7 Å². The number of pyridine rings is 1. The van der Waals surface area contributed by atoms with Gasteiger partial charge in [-0.1, -0.05) is 24.3 Å². The smallest absolute Gasteiger partial charge is 0.253 e. The number of aromatic nitrogens is 1. The largest absolute Gasteiger partial charge is 0.357 e. The topological polar surface area (TPSA) is 82.6 Å². The maximum atomic E-state index is 12.7. The Morgan fingerprint density at radius 1 is 1.00 bits per heavy atom. The number of sulfonamides is 1. The number of carbonyl (C=O) groups is 1. The molecular weight excluding hydrogens is 376 g/mol. The molecule has 0 aliphatic carbocycles. The summed E-state index contributed by atoms with van der Waals surface area (Å²) in [4.78, 5) is 20.5. The second-order valence-corrected chi connectivity index (χ2v) is 9.30. The molecule has 4 rings (SSSR count). The van der Waals surface area contributed by atoms with Crippen LogP contribution in [-0.4, -0.2) is 61.7 Å². The van der Waals surface area contributed by atoms with E-state index in [9.17, 15) is 13.2 Å². The van der Waals surface area contributed by atoms with Gasteiger partial charge < -0.3 is 9.80 Å². The molecule has 0 radical (unpaired) electrons. The highest BCUT2D eigenvalue weighted by Crippen LogP contribution is 2.22. The number of nitrogens with zero attached hydrogens (tertiary/aromatic N) is 3. The van der Waals surface area contributed by atoms with Crippen LogP contribution >= 0.6 is 0 Å². The van der Waals surface area contributed by atoms with Crippen molar-refractivity contribution < 1.29 is 13.2 Å². The van der Waals surface area contributed by atoms with Crippen LogP contribution in [0.2, 0.25) is 0 Å². The van der Waals surface area contributed by atoms with Crippen molar-refractivity contribution in [3.63, 3.8) is 0 Å². The maximum Gasteiger partial charge on any atom is 0.253 e. The van der Waals surface area contributed by atoms with E-state index in [1.807, 2.05) is 24.3 Å². The lowest BCUT2D eigenvalue weighted by Gasteiger charge is -2.40. The molecule has 7 nitrogen and oxygen atoms in total. The Morgan fingerprint density at radius 2 is 1.68 bits per heavy atom. The highest BCUT2D eigenvalue weighted by Gasteiger charge is 2.41. The normalized spacial score (nSPS) is 18.7. The van der Waals surface area contributed by atoms with E-state index >= 15 is 0 Å². The molecular formula is C20H24N4O3S. The van der Waals surface area contributed by atoms with E-state index in [4.69, 9.17) is 0 Å². The fraction of sp³-hybridized carbons (Fsp3) is 0.400. The van der Waals surface area contributed by atoms with Crippen molar-refractivity contribution in [1.29, 1.82) is 0 Å². The minimum Gasteiger partial charge on any atom is -0.357 e. The van der Waals surface area contributed by atoms with Crippen LogP contribution in [0.1, 0.15) is 23.2 Å². The summed E-state index contributed by atoms with van der Waals surface area (Å²) in [5.74, 6) is 0.814. The molecule has 28 heavy (non-hydrogen) atoms. The lowest BCUT2D eigenvalue weighted by Crippen LogP contribution is -2.60. The molecule has 0 spiro atoms. The van der Waals surface area contributed by atoms with E-state index < -0.39 is 15.3 Å². The van der Waals surface area contributed by atoms with Gasteiger partial charge in [0.25, 0.3) is 5.91 Å². The Labute approximate surface area is 165 Å². The van der Waals surface area contributed by atoms with E-state index in [2.05, 4.69) is 14.6 Å². The number of anilines is 1. The van der Waals surface area contributed by atoms with E-state index in [1.54, 1.807) is 35.4 Å². The van der Waals surface area contributed by atoms with E-state index in [0.29, 0.717) is 5.56 Å². The minimum atomic E-state index is -3.43. The van der Waals surface area contributed by atoms with Gasteiger partial charge in [0.2, 0.25) is 10.0 Å². The van der Waals surface area contributed by atoms with E-state index in [0.717, 1.165) is 31.7 Å². The van der Waals surface area contributed by atoms with Crippen molar-refractivity contribution in [3.05, 3.63) is 60.3 Å². The molecule has 3 heterocycles. The van der Waals surface area contributed by atoms with Crippen LogP contribution in [0, 0.1) is 0 Å². The zero-order chi connectivity index (χ0) is 19.6. The molecule has 0 atom stereocenters. The third-order valence-electron chi connectivity index (χ3n) is 5.39. The van der Waals surface area contributed by atoms with Crippen LogP contribution < -0.4 is 9.62 Å². The molecule has 1 amide bonds. The van der Waals surface area contributed by atoms with Gasteiger partial charge in [-0.2, -0.15) is 0 Å². The number of rotatable bonds is 5. The van der Waals surface area contributed by atoms with Crippen molar-refractivity contribution in [1.82, 2.24) is 14.6 Å². The third-order valence-corrected chi connectivity index (χ3v) is 7.23. The summed E-state index contributed by atoms with van der Waals surface area (Å²) in [6, 6.07) is 14.7. The van der Waals surface area contributed by atoms with Crippen LogP contribution in [0.4, 0.5) is 5.82 Å². The van der Waals surface area contributed by atoms with E-state index in [-0.39, 0.29) is 25.0 Å². The number of nitrogens with one attached hydrogen (secondary N) is 1. The maximum absolute atomic E-state index is 12.7. The summed E-state index contributed by atoms with van der Waals surface area (Å²) in [5, 5.41) is -0.533. The standard InChI is InChI=1S/C20H24N4O3S/c25-20(16-6-2-1-3-7-16)24-14-18(15-24)28(26,27)22-17-9-12-23(13-10-17)19-8-4-5-11-21-19/h1-8,11,17-18,22H,9-10,12-15H2. The van der Waals surface area contributed by atoms with Gasteiger partial charge in [-0.05, 0) is 37.1 Å². The number of benzene rings is 1. The molecule has 1 N–H and O–H groups in total. The first kappa shape index (κ1) is 18.9. The average Bonchev–Trinajstić information content (AvgIpc) is 2.68. The zero-order valence-electron chi connectivity index (χ0n) is 15.6. The van der Waals surface area contributed by atoms with Gasteiger partial charge in [0.05, 0.1) is 0 Å². The number of amides is 1. The minimum absolute atomic E-state index is 0.0659. The monoisotopic (exact) mass is 400 g/mol. The number of carbonyl (C=O) groups excluding carboxylic acids is 1. The molecule has 1 aromatic heterocycles. The average molecular weight is 401 g/mol. The van der Waals surface area contributed by atoms with Crippen LogP contribution in [0.3, 0.4) is 0 Å². The number of piperidine rings is 1. The highest BCUT2D eigenvalue weighted by molar-refractivity contribution is 7.90. The third kappa shape index (κ3) is 4.02. The first-order valence-corrected chi connectivity index (χ1v) is 11.1. The fourth-order valence-electron chi connectivity index (χ4n) is 3.66. The Hall–Kier alpha value is -2.45. The summed E-state index contributed by atoms with van der Waals surface area (Å²) in [7, 11) is -3.43. The SMILES string of the molecule is O=C(c1ccccc1)N1CC(S(=O)(=O)NC2CCN(c3ccccn3)CC2)C1. The van der Waals surface area contributed by atoms with Crippen molar-refractivity contribution in [2.75, 3.05) is 31.1 Å². The van der Waals surface area contributed by atoms with Gasteiger partial charge in [-0.15, -0.1) is 0 Å². The Balaban J connectivity index is 1.27. The number of likely N-dealkylation sites (tertiary alicyclic amines) is 1. The summed E-state index contributed by atoms with van der Waals surface area (Å²) in [6.45, 7) is 2.03. The summed E-state index contributed by atoms with van der Waals surface area (Å²) < 4.78 is 28.2. The van der Waals surface area contributed by atoms with Crippen LogP contribution in [0.5, 0.6) is 0 Å². The second-order valence-electron chi connectivity index (χ2n) is 7.31. The second kappa shape index (κ2) is 7.89. The van der Waals surface area contributed by atoms with Crippen LogP contribution in [0.25, 0.3) is 0 Å². The highest BCUT2D eigenvalue weighted by atomic mass is 32.2. The van der Waals surface area contributed by atoms with Crippen LogP contribution in [-0.2, 0) is 10.0 Å². The van der Waals surface area contributed by atoms with Gasteiger partial charge in [0, 0.05) is 44.0 Å².